The van der Waals surface area contributed by atoms with E-state index in [4.69, 9.17) is 9.98 Å². The summed E-state index contributed by atoms with van der Waals surface area (Å²) in [5, 5.41) is 21.2. The average Bonchev–Trinajstić information content (AvgIpc) is 3.30. The first kappa shape index (κ1) is 24.8. The van der Waals surface area contributed by atoms with E-state index in [1.165, 1.54) is 0 Å². The Kier molecular flexibility index (Phi) is 6.49. The molecule has 0 amide bonds. The number of hydrogen-bond acceptors (Lipinski definition) is 4. The first-order valence-electron chi connectivity index (χ1n) is 12.1. The third-order valence-corrected chi connectivity index (χ3v) is 6.24. The number of hydrogen-bond donors (Lipinski definition) is 0. The molecule has 0 fully saturated rings. The monoisotopic (exact) mass is 470 g/mol. The summed E-state index contributed by atoms with van der Waals surface area (Å²) in [6.45, 7) is 12.6. The van der Waals surface area contributed by atoms with Crippen molar-refractivity contribution in [2.45, 2.75) is 52.4 Å². The fourth-order valence-electron chi connectivity index (χ4n) is 4.43. The van der Waals surface area contributed by atoms with E-state index in [0.717, 1.165) is 44.1 Å². The topological polar surface area (TPSA) is 72.3 Å². The lowest BCUT2D eigenvalue weighted by atomic mass is 9.77. The summed E-state index contributed by atoms with van der Waals surface area (Å²) in [7, 11) is 0. The minimum Gasteiger partial charge on any atom is -0.226 e. The van der Waals surface area contributed by atoms with E-state index in [9.17, 15) is 10.5 Å². The molecule has 4 rings (SSSR count). The Morgan fingerprint density at radius 3 is 1.36 bits per heavy atom. The molecule has 0 spiro atoms. The third-order valence-electron chi connectivity index (χ3n) is 6.24. The van der Waals surface area contributed by atoms with E-state index in [1.54, 1.807) is 0 Å². The van der Waals surface area contributed by atoms with Crippen molar-refractivity contribution in [3.63, 3.8) is 0 Å². The van der Waals surface area contributed by atoms with Gasteiger partial charge in [0.1, 0.15) is 17.7 Å². The van der Waals surface area contributed by atoms with Crippen molar-refractivity contribution in [3.05, 3.63) is 105 Å². The van der Waals surface area contributed by atoms with Crippen LogP contribution >= 0.6 is 0 Å². The highest BCUT2D eigenvalue weighted by molar-refractivity contribution is 6.55. The number of nitriles is 2. The van der Waals surface area contributed by atoms with Crippen LogP contribution in [-0.2, 0) is 10.8 Å². The zero-order valence-corrected chi connectivity index (χ0v) is 21.7. The van der Waals surface area contributed by atoms with Crippen LogP contribution in [0, 0.1) is 22.7 Å². The van der Waals surface area contributed by atoms with Gasteiger partial charge in [0, 0.05) is 21.6 Å². The van der Waals surface area contributed by atoms with Gasteiger partial charge in [-0.2, -0.15) is 10.5 Å². The maximum absolute atomic E-state index is 9.80. The second-order valence-electron chi connectivity index (χ2n) is 11.0. The molecular formula is C32H30N4. The molecule has 178 valence electrons. The molecule has 36 heavy (non-hydrogen) atoms. The van der Waals surface area contributed by atoms with Gasteiger partial charge in [0.2, 0.25) is 0 Å². The summed E-state index contributed by atoms with van der Waals surface area (Å²) in [4.78, 5) is 10.1. The van der Waals surface area contributed by atoms with Crippen molar-refractivity contribution in [2.24, 2.45) is 9.98 Å². The van der Waals surface area contributed by atoms with Crippen molar-refractivity contribution < 1.29 is 0 Å². The summed E-state index contributed by atoms with van der Waals surface area (Å²) in [6, 6.07) is 28.6. The van der Waals surface area contributed by atoms with Crippen LogP contribution in [0.2, 0.25) is 0 Å². The second kappa shape index (κ2) is 9.40. The van der Waals surface area contributed by atoms with Gasteiger partial charge in [-0.25, -0.2) is 9.98 Å². The van der Waals surface area contributed by atoms with Gasteiger partial charge in [-0.05, 0) is 34.1 Å². The van der Waals surface area contributed by atoms with Gasteiger partial charge in [0.25, 0.3) is 0 Å². The minimum atomic E-state index is -0.304. The minimum absolute atomic E-state index is 0.134. The van der Waals surface area contributed by atoms with Gasteiger partial charge in [-0.3, -0.25) is 0 Å². The fourth-order valence-corrected chi connectivity index (χ4v) is 4.43. The van der Waals surface area contributed by atoms with E-state index in [0.29, 0.717) is 5.82 Å². The maximum atomic E-state index is 9.80. The number of nitrogens with zero attached hydrogens (tertiary/aromatic N) is 4. The SMILES string of the molecule is CC(C)(C)c1cc(=C2N=C(c3ccccc3)C(c3ccccc3)=N2)cc(C(C)(C)C)c1=C(C#N)C#N. The highest BCUT2D eigenvalue weighted by Crippen LogP contribution is 2.26. The summed E-state index contributed by atoms with van der Waals surface area (Å²) in [5.74, 6) is 0.630. The van der Waals surface area contributed by atoms with Gasteiger partial charge >= 0.3 is 0 Å². The van der Waals surface area contributed by atoms with E-state index >= 15 is 0 Å². The molecule has 0 saturated heterocycles. The van der Waals surface area contributed by atoms with Gasteiger partial charge in [0.05, 0.1) is 11.4 Å². The van der Waals surface area contributed by atoms with Crippen LogP contribution in [0.4, 0.5) is 0 Å². The molecule has 3 aromatic carbocycles. The molecule has 0 saturated carbocycles. The summed E-state index contributed by atoms with van der Waals surface area (Å²) in [5.41, 5.74) is 5.07. The molecule has 0 aromatic heterocycles. The van der Waals surface area contributed by atoms with Gasteiger partial charge in [-0.15, -0.1) is 0 Å². The molecule has 3 aromatic rings. The second-order valence-corrected chi connectivity index (χ2v) is 11.0. The van der Waals surface area contributed by atoms with Crippen LogP contribution in [0.25, 0.3) is 11.4 Å². The number of benzene rings is 3. The smallest absolute Gasteiger partial charge is 0.160 e. The number of aliphatic imine (C=N–C) groups is 2. The zero-order chi connectivity index (χ0) is 26.1. The molecule has 0 aliphatic carbocycles. The molecule has 1 heterocycles. The van der Waals surface area contributed by atoms with Crippen LogP contribution in [0.1, 0.15) is 63.8 Å². The fraction of sp³-hybridized carbons (Fsp3) is 0.250. The van der Waals surface area contributed by atoms with Crippen molar-refractivity contribution in [2.75, 3.05) is 0 Å². The van der Waals surface area contributed by atoms with Crippen molar-refractivity contribution in [1.29, 1.82) is 10.5 Å². The van der Waals surface area contributed by atoms with E-state index in [1.807, 2.05) is 60.7 Å². The largest absolute Gasteiger partial charge is 0.226 e. The standard InChI is InChI=1S/C32H30N4/c1-31(2,3)25-17-23(18-26(32(4,5)6)27(25)24(19-33)20-34)30-35-28(21-13-9-7-10-14-21)29(36-30)22-15-11-8-12-16-22/h7-18H,1-6H3. The van der Waals surface area contributed by atoms with Crippen LogP contribution in [0.5, 0.6) is 0 Å². The molecule has 1 aliphatic heterocycles. The lowest BCUT2D eigenvalue weighted by molar-refractivity contribution is 0.559. The Morgan fingerprint density at radius 2 is 1.03 bits per heavy atom. The van der Waals surface area contributed by atoms with E-state index in [-0.39, 0.29) is 16.4 Å². The summed E-state index contributed by atoms with van der Waals surface area (Å²) >= 11 is 0. The predicted molar refractivity (Wildman–Crippen MR) is 147 cm³/mol. The Labute approximate surface area is 213 Å². The van der Waals surface area contributed by atoms with Crippen LogP contribution < -0.4 is 10.4 Å². The van der Waals surface area contributed by atoms with Gasteiger partial charge < -0.3 is 0 Å². The Morgan fingerprint density at radius 1 is 0.639 bits per heavy atom. The predicted octanol–water partition coefficient (Wildman–Crippen LogP) is 5.54. The molecule has 0 bridgehead atoms. The summed E-state index contributed by atoms with van der Waals surface area (Å²) in [6.07, 6.45) is 0. The highest BCUT2D eigenvalue weighted by atomic mass is 15.0. The molecular weight excluding hydrogens is 440 g/mol. The van der Waals surface area contributed by atoms with Crippen molar-refractivity contribution in [3.8, 4) is 12.1 Å². The molecule has 4 heteroatoms. The molecule has 1 aliphatic rings. The van der Waals surface area contributed by atoms with Crippen LogP contribution in [0.3, 0.4) is 0 Å². The van der Waals surface area contributed by atoms with E-state index in [2.05, 4.69) is 65.8 Å². The quantitative estimate of drug-likeness (QED) is 0.493. The zero-order valence-electron chi connectivity index (χ0n) is 21.7. The average molecular weight is 471 g/mol. The molecule has 0 radical (unpaired) electrons. The first-order valence-corrected chi connectivity index (χ1v) is 12.1. The first-order chi connectivity index (χ1) is 17.0. The van der Waals surface area contributed by atoms with Crippen LogP contribution in [0.15, 0.2) is 82.8 Å². The molecule has 0 N–H and O–H groups in total. The van der Waals surface area contributed by atoms with E-state index < -0.39 is 0 Å². The van der Waals surface area contributed by atoms with Crippen molar-refractivity contribution >= 4 is 22.8 Å². The molecule has 4 nitrogen and oxygen atoms in total. The lowest BCUT2D eigenvalue weighted by Crippen LogP contribution is -2.35. The summed E-state index contributed by atoms with van der Waals surface area (Å²) < 4.78 is 0. The number of rotatable bonds is 2. The lowest BCUT2D eigenvalue weighted by Gasteiger charge is -2.27. The third kappa shape index (κ3) is 4.77. The van der Waals surface area contributed by atoms with Gasteiger partial charge in [-0.1, -0.05) is 102 Å². The highest BCUT2D eigenvalue weighted by Gasteiger charge is 2.26. The molecule has 0 unspecified atom stereocenters. The maximum Gasteiger partial charge on any atom is 0.160 e. The normalized spacial score (nSPS) is 13.5. The van der Waals surface area contributed by atoms with Crippen molar-refractivity contribution in [1.82, 2.24) is 0 Å². The molecule has 0 atom stereocenters. The van der Waals surface area contributed by atoms with Gasteiger partial charge in [0.15, 0.2) is 5.82 Å². The Balaban J connectivity index is 2.16. The Hall–Kier alpha value is -4.28. The van der Waals surface area contributed by atoms with Crippen LogP contribution in [-0.4, -0.2) is 11.4 Å². The Bertz CT molecular complexity index is 1470.